The van der Waals surface area contributed by atoms with Crippen molar-refractivity contribution >= 4 is 21.9 Å². The Hall–Kier alpha value is -2.69. The first-order chi connectivity index (χ1) is 18.4. The van der Waals surface area contributed by atoms with Gasteiger partial charge in [0, 0.05) is 19.7 Å². The summed E-state index contributed by atoms with van der Waals surface area (Å²) in [6.07, 6.45) is 7.61. The number of sulfonamides is 1. The zero-order valence-electron chi connectivity index (χ0n) is 23.3. The topological polar surface area (TPSA) is 122 Å². The van der Waals surface area contributed by atoms with Crippen molar-refractivity contribution < 1.29 is 32.6 Å². The van der Waals surface area contributed by atoms with Crippen molar-refractivity contribution in [2.75, 3.05) is 20.8 Å². The minimum Gasteiger partial charge on any atom is -0.496 e. The molecule has 1 amide bonds. The molecule has 2 N–H and O–H groups in total. The van der Waals surface area contributed by atoms with Crippen LogP contribution in [0.15, 0.2) is 42.0 Å². The lowest BCUT2D eigenvalue weighted by Gasteiger charge is -2.33. The average molecular weight is 561 g/mol. The molecule has 1 aromatic carbocycles. The molecule has 0 spiro atoms. The summed E-state index contributed by atoms with van der Waals surface area (Å²) in [6, 6.07) is 4.24. The Kier molecular flexibility index (Phi) is 8.58. The maximum atomic E-state index is 13.9. The molecule has 2 unspecified atom stereocenters. The quantitative estimate of drug-likeness (QED) is 0.473. The highest BCUT2D eigenvalue weighted by molar-refractivity contribution is 7.90. The van der Waals surface area contributed by atoms with Crippen molar-refractivity contribution in [2.24, 2.45) is 5.92 Å². The second-order valence-electron chi connectivity index (χ2n) is 11.7. The number of carbonyl (C=O) groups is 2. The fourth-order valence-corrected chi connectivity index (χ4v) is 8.41. The third-order valence-corrected chi connectivity index (χ3v) is 10.4. The highest BCUT2D eigenvalue weighted by atomic mass is 32.2. The summed E-state index contributed by atoms with van der Waals surface area (Å²) in [4.78, 5) is 25.1. The summed E-state index contributed by atoms with van der Waals surface area (Å²) in [5.41, 5.74) is 2.06. The zero-order valence-corrected chi connectivity index (χ0v) is 24.2. The first-order valence-electron chi connectivity index (χ1n) is 13.5. The number of fused-ring (bicyclic) bond motifs is 1. The van der Waals surface area contributed by atoms with Crippen LogP contribution in [-0.2, 0) is 25.0 Å². The third kappa shape index (κ3) is 5.93. The molecule has 3 aliphatic rings. The van der Waals surface area contributed by atoms with E-state index < -0.39 is 33.4 Å². The lowest BCUT2D eigenvalue weighted by atomic mass is 9.86. The molecule has 2 fully saturated rings. The van der Waals surface area contributed by atoms with Crippen LogP contribution in [0.1, 0.15) is 68.8 Å². The number of nitrogens with one attached hydrogen (secondary N) is 1. The van der Waals surface area contributed by atoms with Crippen LogP contribution in [-0.4, -0.2) is 73.9 Å². The van der Waals surface area contributed by atoms with Gasteiger partial charge in [-0.15, -0.1) is 0 Å². The molecule has 39 heavy (non-hydrogen) atoms. The number of nitrogens with zero attached hydrogens (tertiary/aromatic N) is 1. The molecule has 0 aromatic heterocycles. The van der Waals surface area contributed by atoms with Crippen molar-refractivity contribution in [3.63, 3.8) is 0 Å². The van der Waals surface area contributed by atoms with E-state index in [1.807, 2.05) is 18.2 Å². The maximum absolute atomic E-state index is 13.9. The van der Waals surface area contributed by atoms with Gasteiger partial charge in [0.05, 0.1) is 18.8 Å². The lowest BCUT2D eigenvalue weighted by molar-refractivity contribution is -0.141. The Morgan fingerprint density at radius 3 is 2.56 bits per heavy atom. The van der Waals surface area contributed by atoms with Crippen LogP contribution in [0.5, 0.6) is 5.75 Å². The highest BCUT2D eigenvalue weighted by Crippen LogP contribution is 2.44. The van der Waals surface area contributed by atoms with E-state index in [1.54, 1.807) is 18.2 Å². The van der Waals surface area contributed by atoms with Gasteiger partial charge >= 0.3 is 5.97 Å². The van der Waals surface area contributed by atoms with E-state index in [-0.39, 0.29) is 29.8 Å². The summed E-state index contributed by atoms with van der Waals surface area (Å²) in [5, 5.41) is 11.7. The van der Waals surface area contributed by atoms with E-state index in [2.05, 4.69) is 26.1 Å². The molecule has 1 saturated heterocycles. The van der Waals surface area contributed by atoms with E-state index in [0.717, 1.165) is 24.0 Å². The Morgan fingerprint density at radius 1 is 1.18 bits per heavy atom. The summed E-state index contributed by atoms with van der Waals surface area (Å²) < 4.78 is 40.0. The molecule has 1 heterocycles. The number of rotatable bonds is 9. The summed E-state index contributed by atoms with van der Waals surface area (Å²) in [5.74, 6) is -0.819. The van der Waals surface area contributed by atoms with Crippen LogP contribution in [0, 0.1) is 5.92 Å². The third-order valence-electron chi connectivity index (χ3n) is 8.19. The van der Waals surface area contributed by atoms with Crippen LogP contribution in [0.3, 0.4) is 0 Å². The number of ether oxygens (including phenoxy) is 2. The smallest absolute Gasteiger partial charge is 0.322 e. The van der Waals surface area contributed by atoms with E-state index >= 15 is 0 Å². The molecule has 2 aliphatic carbocycles. The Bertz CT molecular complexity index is 1260. The molecule has 214 valence electrons. The minimum absolute atomic E-state index is 0.0773. The number of carboxylic acid groups (broad SMARTS) is 1. The van der Waals surface area contributed by atoms with Crippen LogP contribution in [0.2, 0.25) is 0 Å². The number of carboxylic acids is 1. The number of benzene rings is 1. The van der Waals surface area contributed by atoms with E-state index in [1.165, 1.54) is 18.5 Å². The Labute approximate surface area is 231 Å². The molecule has 5 atom stereocenters. The van der Waals surface area contributed by atoms with Gasteiger partial charge in [-0.3, -0.25) is 9.59 Å². The number of carbonyl (C=O) groups excluding carboxylic acids is 1. The highest BCUT2D eigenvalue weighted by Gasteiger charge is 2.54. The van der Waals surface area contributed by atoms with E-state index in [4.69, 9.17) is 9.47 Å². The molecule has 1 saturated carbocycles. The second kappa shape index (κ2) is 11.4. The molecule has 0 bridgehead atoms. The van der Waals surface area contributed by atoms with Crippen molar-refractivity contribution in [3.8, 4) is 5.75 Å². The fraction of sp³-hybridized carbons (Fsp3) is 0.586. The summed E-state index contributed by atoms with van der Waals surface area (Å²) in [7, 11) is -1.05. The standard InChI is InChI=1S/C29H40N2O7S/c1-29(2,3)20-10-12-24(37-4)21(17-20)27(32)30-14-13-18-9-11-25(38-5)26(15-18)39(35,36)31-22-8-6-7-19(22)16-23(31)28(33)34/h9-12,15,17,19,22-23,25-26H,6-8,13-14,16H2,1-5H3,(H,30,32)(H,33,34)/t19-,22-,23-,25?,26?/m1/s1. The van der Waals surface area contributed by atoms with Crippen molar-refractivity contribution in [1.82, 2.24) is 9.62 Å². The normalized spacial score (nSPS) is 27.2. The molecule has 10 heteroatoms. The first kappa shape index (κ1) is 29.3. The van der Waals surface area contributed by atoms with Gasteiger partial charge in [-0.05, 0) is 60.3 Å². The van der Waals surface area contributed by atoms with Gasteiger partial charge in [0.1, 0.15) is 17.0 Å². The molecule has 9 nitrogen and oxygen atoms in total. The predicted octanol–water partition coefficient (Wildman–Crippen LogP) is 3.65. The number of hydrogen-bond acceptors (Lipinski definition) is 6. The monoisotopic (exact) mass is 560 g/mol. The van der Waals surface area contributed by atoms with Gasteiger partial charge in [0.15, 0.2) is 0 Å². The summed E-state index contributed by atoms with van der Waals surface area (Å²) in [6.45, 7) is 6.51. The fourth-order valence-electron chi connectivity index (χ4n) is 6.06. The number of amides is 1. The average Bonchev–Trinajstić information content (AvgIpc) is 3.49. The molecule has 1 aromatic rings. The van der Waals surface area contributed by atoms with Crippen molar-refractivity contribution in [1.29, 1.82) is 0 Å². The summed E-state index contributed by atoms with van der Waals surface area (Å²) >= 11 is 0. The molecular formula is C29H40N2O7S. The van der Waals surface area contributed by atoms with Gasteiger partial charge in [-0.1, -0.05) is 51.5 Å². The number of aliphatic carboxylic acids is 1. The Morgan fingerprint density at radius 2 is 1.92 bits per heavy atom. The van der Waals surface area contributed by atoms with Crippen LogP contribution in [0.4, 0.5) is 0 Å². The van der Waals surface area contributed by atoms with Crippen molar-refractivity contribution in [3.05, 3.63) is 53.1 Å². The van der Waals surface area contributed by atoms with Gasteiger partial charge in [0.25, 0.3) is 5.91 Å². The van der Waals surface area contributed by atoms with Crippen molar-refractivity contribution in [2.45, 2.75) is 81.7 Å². The zero-order chi connectivity index (χ0) is 28.5. The largest absolute Gasteiger partial charge is 0.496 e. The van der Waals surface area contributed by atoms with Gasteiger partial charge in [-0.25, -0.2) is 8.42 Å². The lowest BCUT2D eigenvalue weighted by Crippen LogP contribution is -2.51. The van der Waals surface area contributed by atoms with Crippen LogP contribution < -0.4 is 10.1 Å². The van der Waals surface area contributed by atoms with Crippen LogP contribution >= 0.6 is 0 Å². The van der Waals surface area contributed by atoms with Crippen LogP contribution in [0.25, 0.3) is 0 Å². The molecular weight excluding hydrogens is 520 g/mol. The predicted molar refractivity (Wildman–Crippen MR) is 148 cm³/mol. The molecule has 1 aliphatic heterocycles. The molecule has 4 rings (SSSR count). The van der Waals surface area contributed by atoms with Gasteiger partial charge in [-0.2, -0.15) is 4.31 Å². The number of hydrogen-bond donors (Lipinski definition) is 2. The first-order valence-corrected chi connectivity index (χ1v) is 15.0. The van der Waals surface area contributed by atoms with E-state index in [9.17, 15) is 23.1 Å². The number of methoxy groups -OCH3 is 2. The van der Waals surface area contributed by atoms with Gasteiger partial charge in [0.2, 0.25) is 10.0 Å². The SMILES string of the molecule is COc1ccc(C(C)(C)C)cc1C(=O)NCCC1=CC(S(=O)(=O)N2[C@@H](C(=O)O)C[C@H]3CCC[C@H]32)C(OC)C=C1. The molecule has 0 radical (unpaired) electrons. The van der Waals surface area contributed by atoms with E-state index in [0.29, 0.717) is 30.6 Å². The second-order valence-corrected chi connectivity index (χ2v) is 13.7. The maximum Gasteiger partial charge on any atom is 0.322 e. The van der Waals surface area contributed by atoms with Gasteiger partial charge < -0.3 is 19.9 Å². The Balaban J connectivity index is 1.50. The number of allylic oxidation sites excluding steroid dienone is 1. The minimum atomic E-state index is -4.02.